The van der Waals surface area contributed by atoms with Crippen molar-refractivity contribution in [3.05, 3.63) is 65.6 Å². The van der Waals surface area contributed by atoms with E-state index < -0.39 is 6.17 Å². The van der Waals surface area contributed by atoms with Gasteiger partial charge in [-0.15, -0.1) is 0 Å². The second kappa shape index (κ2) is 8.14. The number of hydrogen-bond acceptors (Lipinski definition) is 7. The number of benzene rings is 1. The number of allylic oxidation sites excluding steroid dienone is 2. The lowest BCUT2D eigenvalue weighted by molar-refractivity contribution is -0.133. The maximum absolute atomic E-state index is 13.3. The fourth-order valence-corrected chi connectivity index (χ4v) is 4.30. The molecule has 1 aromatic carbocycles. The predicted molar refractivity (Wildman–Crippen MR) is 123 cm³/mol. The summed E-state index contributed by atoms with van der Waals surface area (Å²) in [5.74, 6) is 12.2. The van der Waals surface area contributed by atoms with Crippen molar-refractivity contribution in [2.75, 3.05) is 17.7 Å². The van der Waals surface area contributed by atoms with Crippen LogP contribution in [0.4, 0.5) is 11.4 Å². The number of Topliss-reactive ketones (excluding diaryl/α,β-unsaturated/α-hetero) is 1. The number of anilines is 2. The summed E-state index contributed by atoms with van der Waals surface area (Å²) in [6, 6.07) is 9.47. The van der Waals surface area contributed by atoms with Gasteiger partial charge in [0, 0.05) is 17.2 Å². The van der Waals surface area contributed by atoms with Crippen molar-refractivity contribution in [2.24, 2.45) is 11.8 Å². The summed E-state index contributed by atoms with van der Waals surface area (Å²) >= 11 is 0. The van der Waals surface area contributed by atoms with Crippen LogP contribution in [0.15, 0.2) is 48.7 Å². The van der Waals surface area contributed by atoms with Gasteiger partial charge in [0.1, 0.15) is 6.17 Å². The molecule has 0 bridgehead atoms. The van der Waals surface area contributed by atoms with E-state index in [2.05, 4.69) is 10.6 Å². The van der Waals surface area contributed by atoms with E-state index in [1.54, 1.807) is 23.3 Å². The Morgan fingerprint density at radius 3 is 2.67 bits per heavy atom. The molecule has 1 unspecified atom stereocenters. The first-order valence-corrected chi connectivity index (χ1v) is 10.8. The topological polar surface area (TPSA) is 139 Å². The van der Waals surface area contributed by atoms with Crippen molar-refractivity contribution >= 4 is 35.0 Å². The van der Waals surface area contributed by atoms with E-state index >= 15 is 0 Å². The highest BCUT2D eigenvalue weighted by atomic mass is 16.2. The number of nitrogens with two attached hydrogens (primary N) is 2. The Kier molecular flexibility index (Phi) is 5.14. The Labute approximate surface area is 190 Å². The standard InChI is InChI=1S/C23H25N7O3/c24-29(13-31)19-10-15(8-9-26-19)22-21(27-16-4-2-1-3-5-16)20-17(30(22)25)11-28(12-18(20)32)23(33)14-6-7-14/h1-5,8-10,13-14,19,26-27H,6-7,11-12,24-25H2. The Morgan fingerprint density at radius 2 is 1.97 bits per heavy atom. The third-order valence-electron chi connectivity index (χ3n) is 6.13. The molecular formula is C23H25N7O3. The second-order valence-electron chi connectivity index (χ2n) is 8.42. The predicted octanol–water partition coefficient (Wildman–Crippen LogP) is 1.04. The van der Waals surface area contributed by atoms with Gasteiger partial charge in [-0.3, -0.25) is 24.1 Å². The number of rotatable bonds is 6. The number of dihydropyridines is 1. The summed E-state index contributed by atoms with van der Waals surface area (Å²) in [7, 11) is 0. The molecule has 2 amide bonds. The van der Waals surface area contributed by atoms with E-state index in [0.29, 0.717) is 34.6 Å². The number of nitrogens with zero attached hydrogens (tertiary/aromatic N) is 3. The fourth-order valence-electron chi connectivity index (χ4n) is 4.30. The van der Waals surface area contributed by atoms with Gasteiger partial charge in [0.25, 0.3) is 0 Å². The molecule has 1 aromatic heterocycles. The Balaban J connectivity index is 1.62. The van der Waals surface area contributed by atoms with E-state index in [4.69, 9.17) is 11.7 Å². The number of hydrazine groups is 1. The van der Waals surface area contributed by atoms with Crippen molar-refractivity contribution < 1.29 is 14.4 Å². The molecule has 1 atom stereocenters. The van der Waals surface area contributed by atoms with Crippen LogP contribution >= 0.6 is 0 Å². The first-order chi connectivity index (χ1) is 16.0. The molecule has 1 saturated carbocycles. The number of hydrogen-bond donors (Lipinski definition) is 4. The van der Waals surface area contributed by atoms with Crippen LogP contribution in [0.2, 0.25) is 0 Å². The summed E-state index contributed by atoms with van der Waals surface area (Å²) in [4.78, 5) is 38.7. The van der Waals surface area contributed by atoms with E-state index in [9.17, 15) is 14.4 Å². The van der Waals surface area contributed by atoms with Gasteiger partial charge in [-0.2, -0.15) is 0 Å². The molecule has 3 heterocycles. The van der Waals surface area contributed by atoms with Crippen molar-refractivity contribution in [3.63, 3.8) is 0 Å². The van der Waals surface area contributed by atoms with Gasteiger partial charge < -0.3 is 21.4 Å². The van der Waals surface area contributed by atoms with Gasteiger partial charge >= 0.3 is 0 Å². The molecule has 0 radical (unpaired) electrons. The number of ketones is 1. The van der Waals surface area contributed by atoms with Crippen molar-refractivity contribution in [2.45, 2.75) is 25.6 Å². The average molecular weight is 447 g/mol. The number of aromatic nitrogens is 1. The minimum atomic E-state index is -0.581. The molecule has 3 aliphatic rings. The number of nitrogens with one attached hydrogen (secondary N) is 2. The molecule has 170 valence electrons. The van der Waals surface area contributed by atoms with Crippen LogP contribution in [0.1, 0.15) is 34.6 Å². The lowest BCUT2D eigenvalue weighted by atomic mass is 10.0. The van der Waals surface area contributed by atoms with Crippen LogP contribution in [-0.2, 0) is 16.1 Å². The highest BCUT2D eigenvalue weighted by Crippen LogP contribution is 2.39. The number of amides is 2. The largest absolute Gasteiger partial charge is 0.367 e. The van der Waals surface area contributed by atoms with E-state index in [1.165, 1.54) is 4.68 Å². The zero-order valence-corrected chi connectivity index (χ0v) is 17.9. The monoisotopic (exact) mass is 447 g/mol. The molecule has 1 aliphatic carbocycles. The molecule has 0 saturated heterocycles. The molecule has 1 fully saturated rings. The first-order valence-electron chi connectivity index (χ1n) is 10.8. The molecule has 2 aliphatic heterocycles. The van der Waals surface area contributed by atoms with Gasteiger partial charge in [-0.05, 0) is 43.3 Å². The minimum absolute atomic E-state index is 0.000108. The third kappa shape index (κ3) is 3.74. The summed E-state index contributed by atoms with van der Waals surface area (Å²) in [5, 5.41) is 7.34. The molecular weight excluding hydrogens is 422 g/mol. The maximum Gasteiger partial charge on any atom is 0.226 e. The van der Waals surface area contributed by atoms with Crippen LogP contribution in [0.3, 0.4) is 0 Å². The Bertz CT molecular complexity index is 1180. The zero-order valence-electron chi connectivity index (χ0n) is 17.9. The number of fused-ring (bicyclic) bond motifs is 1. The second-order valence-corrected chi connectivity index (χ2v) is 8.42. The van der Waals surface area contributed by atoms with Gasteiger partial charge in [0.2, 0.25) is 12.3 Å². The van der Waals surface area contributed by atoms with Crippen LogP contribution in [0.25, 0.3) is 5.57 Å². The molecule has 5 rings (SSSR count). The summed E-state index contributed by atoms with van der Waals surface area (Å²) in [6.45, 7) is 0.280. The van der Waals surface area contributed by atoms with E-state index in [-0.39, 0.29) is 30.7 Å². The highest BCUT2D eigenvalue weighted by Gasteiger charge is 2.40. The smallest absolute Gasteiger partial charge is 0.226 e. The van der Waals surface area contributed by atoms with Gasteiger partial charge in [0.05, 0.1) is 35.7 Å². The SMILES string of the molecule is NN(C=O)C1C=C(c2c(Nc3ccccc3)c3c(n2N)CN(C(=O)C2CC2)CC3=O)C=CN1. The quantitative estimate of drug-likeness (QED) is 0.225. The van der Waals surface area contributed by atoms with Gasteiger partial charge in [-0.25, -0.2) is 5.84 Å². The maximum atomic E-state index is 13.3. The highest BCUT2D eigenvalue weighted by molar-refractivity contribution is 6.09. The lowest BCUT2D eigenvalue weighted by Crippen LogP contribution is -2.46. The third-order valence-corrected chi connectivity index (χ3v) is 6.13. The van der Waals surface area contributed by atoms with Crippen LogP contribution < -0.4 is 22.3 Å². The van der Waals surface area contributed by atoms with Crippen LogP contribution in [-0.4, -0.2) is 45.4 Å². The molecule has 10 nitrogen and oxygen atoms in total. The average Bonchev–Trinajstić information content (AvgIpc) is 3.64. The zero-order chi connectivity index (χ0) is 23.1. The Morgan fingerprint density at radius 1 is 1.21 bits per heavy atom. The number of para-hydroxylation sites is 1. The normalized spacial score (nSPS) is 19.4. The molecule has 33 heavy (non-hydrogen) atoms. The van der Waals surface area contributed by atoms with E-state index in [0.717, 1.165) is 23.5 Å². The minimum Gasteiger partial charge on any atom is -0.367 e. The molecule has 0 spiro atoms. The van der Waals surface area contributed by atoms with Crippen LogP contribution in [0.5, 0.6) is 0 Å². The lowest BCUT2D eigenvalue weighted by Gasteiger charge is -2.27. The molecule has 2 aromatic rings. The number of nitrogen functional groups attached to an aromatic ring is 1. The van der Waals surface area contributed by atoms with Crippen molar-refractivity contribution in [1.82, 2.24) is 19.9 Å². The van der Waals surface area contributed by atoms with Gasteiger partial charge in [-0.1, -0.05) is 18.2 Å². The number of carbonyl (C=O) groups excluding carboxylic acids is 3. The van der Waals surface area contributed by atoms with Crippen molar-refractivity contribution in [1.29, 1.82) is 0 Å². The van der Waals surface area contributed by atoms with E-state index in [1.807, 2.05) is 30.3 Å². The van der Waals surface area contributed by atoms with Crippen LogP contribution in [0, 0.1) is 5.92 Å². The fraction of sp³-hybridized carbons (Fsp3) is 0.261. The number of carbonyl (C=O) groups is 3. The summed E-state index contributed by atoms with van der Waals surface area (Å²) in [5.41, 5.74) is 3.64. The summed E-state index contributed by atoms with van der Waals surface area (Å²) in [6.07, 6.45) is 6.90. The van der Waals surface area contributed by atoms with Crippen molar-refractivity contribution in [3.8, 4) is 0 Å². The molecule has 10 heteroatoms. The molecule has 6 N–H and O–H groups in total. The first kappa shape index (κ1) is 20.8. The Hall–Kier alpha value is -4.05. The summed E-state index contributed by atoms with van der Waals surface area (Å²) < 4.78 is 1.46. The van der Waals surface area contributed by atoms with Gasteiger partial charge in [0.15, 0.2) is 5.78 Å².